The minimum absolute atomic E-state index is 0.00777. The molecular weight excluding hydrogens is 349 g/mol. The van der Waals surface area contributed by atoms with Crippen LogP contribution < -0.4 is 5.32 Å². The fourth-order valence-corrected chi connectivity index (χ4v) is 4.46. The first-order valence-corrected chi connectivity index (χ1v) is 10.2. The van der Waals surface area contributed by atoms with Gasteiger partial charge in [0.25, 0.3) is 0 Å². The van der Waals surface area contributed by atoms with Crippen molar-refractivity contribution in [3.63, 3.8) is 0 Å². The maximum Gasteiger partial charge on any atom is 0.230 e. The Bertz CT molecular complexity index is 751. The molecule has 2 aromatic rings. The largest absolute Gasteiger partial charge is 0.355 e. The van der Waals surface area contributed by atoms with E-state index in [9.17, 15) is 9.18 Å². The number of thioether (sulfide) groups is 1. The Morgan fingerprint density at radius 3 is 2.65 bits per heavy atom. The number of nitrogens with zero attached hydrogens (tertiary/aromatic N) is 2. The molecule has 0 atom stereocenters. The molecule has 1 amide bonds. The van der Waals surface area contributed by atoms with Crippen LogP contribution in [0.4, 0.5) is 4.39 Å². The van der Waals surface area contributed by atoms with Crippen LogP contribution in [0.5, 0.6) is 0 Å². The monoisotopic (exact) mass is 375 g/mol. The van der Waals surface area contributed by atoms with E-state index in [1.807, 2.05) is 6.92 Å². The Morgan fingerprint density at radius 2 is 1.96 bits per heavy atom. The number of carbonyl (C=O) groups is 1. The predicted molar refractivity (Wildman–Crippen MR) is 103 cm³/mol. The molecule has 1 heterocycles. The number of benzene rings is 1. The van der Waals surface area contributed by atoms with Gasteiger partial charge in [-0.05, 0) is 50.8 Å². The van der Waals surface area contributed by atoms with Gasteiger partial charge in [-0.2, -0.15) is 0 Å². The number of nitrogens with one attached hydrogen (secondary N) is 1. The third kappa shape index (κ3) is 4.67. The van der Waals surface area contributed by atoms with Crippen molar-refractivity contribution in [1.29, 1.82) is 0 Å². The lowest BCUT2D eigenvalue weighted by atomic mass is 10.1. The molecule has 1 aromatic carbocycles. The fraction of sp³-hybridized carbons (Fsp3) is 0.500. The number of aryl methyl sites for hydroxylation is 1. The minimum atomic E-state index is -0.238. The van der Waals surface area contributed by atoms with Crippen LogP contribution in [-0.4, -0.2) is 27.8 Å². The highest BCUT2D eigenvalue weighted by Crippen LogP contribution is 2.35. The average Bonchev–Trinajstić information content (AvgIpc) is 3.23. The zero-order chi connectivity index (χ0) is 18.5. The lowest BCUT2D eigenvalue weighted by Gasteiger charge is -2.16. The molecule has 0 aliphatic heterocycles. The molecule has 0 saturated heterocycles. The Labute approximate surface area is 158 Å². The lowest BCUT2D eigenvalue weighted by molar-refractivity contribution is -0.118. The number of hydrogen-bond acceptors (Lipinski definition) is 3. The van der Waals surface area contributed by atoms with Gasteiger partial charge in [0.15, 0.2) is 5.16 Å². The molecule has 0 spiro atoms. The van der Waals surface area contributed by atoms with Crippen LogP contribution in [-0.2, 0) is 11.2 Å². The lowest BCUT2D eigenvalue weighted by Crippen LogP contribution is -2.27. The summed E-state index contributed by atoms with van der Waals surface area (Å²) in [6, 6.07) is 6.92. The summed E-state index contributed by atoms with van der Waals surface area (Å²) in [4.78, 5) is 16.8. The van der Waals surface area contributed by atoms with Crippen molar-refractivity contribution in [3.05, 3.63) is 47.0 Å². The smallest absolute Gasteiger partial charge is 0.230 e. The van der Waals surface area contributed by atoms with Gasteiger partial charge in [0.05, 0.1) is 11.4 Å². The summed E-state index contributed by atoms with van der Waals surface area (Å²) in [6.45, 7) is 4.71. The second-order valence-corrected chi connectivity index (χ2v) is 7.83. The third-order valence-electron chi connectivity index (χ3n) is 5.03. The maximum absolute atomic E-state index is 12.9. The number of imidazole rings is 1. The normalized spacial score (nSPS) is 14.7. The van der Waals surface area contributed by atoms with Crippen molar-refractivity contribution < 1.29 is 9.18 Å². The van der Waals surface area contributed by atoms with Gasteiger partial charge in [-0.25, -0.2) is 9.37 Å². The molecule has 4 nitrogen and oxygen atoms in total. The fourth-order valence-electron chi connectivity index (χ4n) is 3.47. The molecule has 0 unspecified atom stereocenters. The number of hydrogen-bond donors (Lipinski definition) is 1. The van der Waals surface area contributed by atoms with E-state index in [-0.39, 0.29) is 11.7 Å². The molecular formula is C20H26FN3OS. The van der Waals surface area contributed by atoms with E-state index >= 15 is 0 Å². The summed E-state index contributed by atoms with van der Waals surface area (Å²) in [5.74, 6) is 0.136. The van der Waals surface area contributed by atoms with E-state index < -0.39 is 0 Å². The van der Waals surface area contributed by atoms with Crippen molar-refractivity contribution in [2.75, 3.05) is 12.3 Å². The van der Waals surface area contributed by atoms with Crippen molar-refractivity contribution >= 4 is 17.7 Å². The maximum atomic E-state index is 12.9. The quantitative estimate of drug-likeness (QED) is 0.738. The highest BCUT2D eigenvalue weighted by atomic mass is 32.2. The van der Waals surface area contributed by atoms with Gasteiger partial charge in [-0.3, -0.25) is 4.79 Å². The molecule has 26 heavy (non-hydrogen) atoms. The van der Waals surface area contributed by atoms with Crippen molar-refractivity contribution in [2.45, 2.75) is 57.1 Å². The van der Waals surface area contributed by atoms with Gasteiger partial charge in [0, 0.05) is 18.3 Å². The van der Waals surface area contributed by atoms with Gasteiger partial charge < -0.3 is 9.88 Å². The summed E-state index contributed by atoms with van der Waals surface area (Å²) in [6.07, 6.45) is 5.65. The molecule has 1 aromatic heterocycles. The van der Waals surface area contributed by atoms with Crippen LogP contribution in [0.1, 0.15) is 48.7 Å². The summed E-state index contributed by atoms with van der Waals surface area (Å²) in [7, 11) is 0. The van der Waals surface area contributed by atoms with Crippen molar-refractivity contribution in [2.24, 2.45) is 0 Å². The van der Waals surface area contributed by atoms with E-state index in [0.717, 1.165) is 16.4 Å². The van der Waals surface area contributed by atoms with Gasteiger partial charge in [-0.15, -0.1) is 0 Å². The number of rotatable bonds is 7. The molecule has 1 N–H and O–H groups in total. The van der Waals surface area contributed by atoms with Gasteiger partial charge >= 0.3 is 0 Å². The van der Waals surface area contributed by atoms with E-state index in [1.165, 1.54) is 55.3 Å². The van der Waals surface area contributed by atoms with E-state index in [4.69, 9.17) is 0 Å². The van der Waals surface area contributed by atoms with Crippen LogP contribution in [0.25, 0.3) is 0 Å². The van der Waals surface area contributed by atoms with Crippen LogP contribution in [0.3, 0.4) is 0 Å². The van der Waals surface area contributed by atoms with Gasteiger partial charge in [-0.1, -0.05) is 36.7 Å². The Kier molecular flexibility index (Phi) is 6.35. The Hall–Kier alpha value is -1.82. The molecule has 0 bridgehead atoms. The molecule has 140 valence electrons. The summed E-state index contributed by atoms with van der Waals surface area (Å²) in [5, 5.41) is 3.89. The van der Waals surface area contributed by atoms with Crippen LogP contribution >= 0.6 is 11.8 Å². The average molecular weight is 376 g/mol. The predicted octanol–water partition coefficient (Wildman–Crippen LogP) is 4.21. The molecule has 1 aliphatic rings. The minimum Gasteiger partial charge on any atom is -0.355 e. The number of aromatic nitrogens is 2. The van der Waals surface area contributed by atoms with Crippen LogP contribution in [0.15, 0.2) is 29.4 Å². The first-order valence-electron chi connectivity index (χ1n) is 9.24. The highest BCUT2D eigenvalue weighted by molar-refractivity contribution is 7.99. The summed E-state index contributed by atoms with van der Waals surface area (Å²) >= 11 is 1.52. The zero-order valence-corrected chi connectivity index (χ0v) is 16.2. The molecule has 3 rings (SSSR count). The van der Waals surface area contributed by atoms with Crippen LogP contribution in [0.2, 0.25) is 0 Å². The van der Waals surface area contributed by atoms with E-state index in [0.29, 0.717) is 24.8 Å². The molecule has 1 fully saturated rings. The first kappa shape index (κ1) is 19.0. The van der Waals surface area contributed by atoms with Gasteiger partial charge in [0.2, 0.25) is 5.91 Å². The molecule has 1 saturated carbocycles. The zero-order valence-electron chi connectivity index (χ0n) is 15.4. The number of amides is 1. The first-order chi connectivity index (χ1) is 12.5. The topological polar surface area (TPSA) is 46.9 Å². The molecule has 1 aliphatic carbocycles. The summed E-state index contributed by atoms with van der Waals surface area (Å²) < 4.78 is 15.2. The standard InChI is InChI=1S/C20H26FN3OS/c1-14-15(2)24(18-5-3-4-6-18)20(23-14)26-13-19(25)22-12-11-16-7-9-17(21)10-8-16/h7-10,18H,3-6,11-13H2,1-2H3,(H,22,25). The molecule has 6 heteroatoms. The number of carbonyl (C=O) groups excluding carboxylic acids is 1. The second kappa shape index (κ2) is 8.71. The second-order valence-electron chi connectivity index (χ2n) is 6.89. The Balaban J connectivity index is 1.50. The van der Waals surface area contributed by atoms with Crippen molar-refractivity contribution in [1.82, 2.24) is 14.9 Å². The van der Waals surface area contributed by atoms with E-state index in [2.05, 4.69) is 21.8 Å². The SMILES string of the molecule is Cc1nc(SCC(=O)NCCc2ccc(F)cc2)n(C2CCCC2)c1C. The Morgan fingerprint density at radius 1 is 1.27 bits per heavy atom. The van der Waals surface area contributed by atoms with Crippen molar-refractivity contribution in [3.8, 4) is 0 Å². The third-order valence-corrected chi connectivity index (χ3v) is 5.98. The van der Waals surface area contributed by atoms with Gasteiger partial charge in [0.1, 0.15) is 5.82 Å². The molecule has 0 radical (unpaired) electrons. The number of halogens is 1. The van der Waals surface area contributed by atoms with E-state index in [1.54, 1.807) is 12.1 Å². The van der Waals surface area contributed by atoms with Crippen LogP contribution in [0, 0.1) is 19.7 Å². The summed E-state index contributed by atoms with van der Waals surface area (Å²) in [5.41, 5.74) is 3.29. The highest BCUT2D eigenvalue weighted by Gasteiger charge is 2.23.